The summed E-state index contributed by atoms with van der Waals surface area (Å²) >= 11 is -1.56. The van der Waals surface area contributed by atoms with Crippen molar-refractivity contribution in [2.45, 2.75) is 51.9 Å². The van der Waals surface area contributed by atoms with E-state index in [9.17, 15) is 9.59 Å². The second kappa shape index (κ2) is 18.7. The first kappa shape index (κ1) is 25.6. The molecule has 0 aliphatic heterocycles. The minimum atomic E-state index is -1.56. The van der Waals surface area contributed by atoms with E-state index < -0.39 is 28.5 Å². The predicted molar refractivity (Wildman–Crippen MR) is 87.8 cm³/mol. The number of hydrogen-bond acceptors (Lipinski definition) is 4. The maximum absolute atomic E-state index is 10.3. The Morgan fingerprint density at radius 1 is 1.04 bits per heavy atom. The van der Waals surface area contributed by atoms with Crippen molar-refractivity contribution in [1.82, 2.24) is 4.98 Å². The summed E-state index contributed by atoms with van der Waals surface area (Å²) in [6, 6.07) is 4.71. The van der Waals surface area contributed by atoms with Crippen molar-refractivity contribution < 1.29 is 44.1 Å². The van der Waals surface area contributed by atoms with Crippen molar-refractivity contribution in [1.29, 1.82) is 0 Å². The fraction of sp³-hybridized carbons (Fsp3) is 0.562. The average molecular weight is 393 g/mol. The van der Waals surface area contributed by atoms with Crippen LogP contribution in [0, 0.1) is 0 Å². The molecule has 1 heterocycles. The molecule has 0 fully saturated rings. The van der Waals surface area contributed by atoms with Crippen LogP contribution < -0.4 is 0 Å². The van der Waals surface area contributed by atoms with Crippen molar-refractivity contribution in [3.63, 3.8) is 0 Å². The van der Waals surface area contributed by atoms with Crippen LogP contribution in [0.3, 0.4) is 0 Å². The molecule has 0 saturated heterocycles. The van der Waals surface area contributed by atoms with E-state index in [1.54, 1.807) is 18.2 Å². The zero-order valence-corrected chi connectivity index (χ0v) is 15.7. The second-order valence-corrected chi connectivity index (χ2v) is 5.26. The fourth-order valence-electron chi connectivity index (χ4n) is 1.76. The van der Waals surface area contributed by atoms with Gasteiger partial charge < -0.3 is 15.9 Å². The van der Waals surface area contributed by atoms with E-state index in [2.05, 4.69) is 11.9 Å². The van der Waals surface area contributed by atoms with Crippen molar-refractivity contribution in [3.8, 4) is 0 Å². The van der Waals surface area contributed by atoms with Crippen LogP contribution in [0.5, 0.6) is 0 Å². The van der Waals surface area contributed by atoms with Crippen molar-refractivity contribution in [2.75, 3.05) is 6.54 Å². The van der Waals surface area contributed by atoms with Gasteiger partial charge in [-0.25, -0.2) is 0 Å². The summed E-state index contributed by atoms with van der Waals surface area (Å²) in [4.78, 5) is 24.6. The second-order valence-electron chi connectivity index (χ2n) is 5.01. The van der Waals surface area contributed by atoms with Gasteiger partial charge in [-0.05, 0) is 12.1 Å². The number of unbranched alkanes of at least 4 members (excludes halogenated alkanes) is 4. The number of carbonyl (C=O) groups is 2. The van der Waals surface area contributed by atoms with E-state index in [1.807, 2.05) is 0 Å². The molecule has 0 spiro atoms. The van der Waals surface area contributed by atoms with Crippen LogP contribution in [0.4, 0.5) is 0 Å². The Balaban J connectivity index is 0. The molecule has 0 saturated carbocycles. The predicted octanol–water partition coefficient (Wildman–Crippen LogP) is 2.67. The molecule has 0 aromatic carbocycles. The normalized spacial score (nSPS) is 9.08. The Hall–Kier alpha value is -1.61. The number of carboxylic acid groups (broad SMARTS) is 2. The topological polar surface area (TPSA) is 149 Å². The average Bonchev–Trinajstić information content (AvgIpc) is 2.52. The van der Waals surface area contributed by atoms with Gasteiger partial charge in [0.1, 0.15) is 0 Å². The fourth-order valence-corrected chi connectivity index (χ4v) is 1.76. The molecule has 25 heavy (non-hydrogen) atoms. The molecular weight excluding hydrogens is 367 g/mol. The molecule has 142 valence electrons. The van der Waals surface area contributed by atoms with E-state index in [0.717, 1.165) is 6.42 Å². The Labute approximate surface area is 155 Å². The van der Waals surface area contributed by atoms with Crippen molar-refractivity contribution in [2.24, 2.45) is 0 Å². The number of carboxylic acids is 2. The van der Waals surface area contributed by atoms with Gasteiger partial charge in [0.05, 0.1) is 24.2 Å². The monoisotopic (exact) mass is 393 g/mol. The summed E-state index contributed by atoms with van der Waals surface area (Å²) in [5, 5.41) is 17.0. The van der Waals surface area contributed by atoms with Crippen LogP contribution in [-0.4, -0.2) is 37.7 Å². The summed E-state index contributed by atoms with van der Waals surface area (Å²) < 4.78 is 15.7. The molecule has 9 heteroatoms. The molecule has 0 aliphatic rings. The van der Waals surface area contributed by atoms with Crippen molar-refractivity contribution >= 4 is 11.9 Å². The number of hydrogen-bond donors (Lipinski definition) is 3. The number of rotatable bonds is 9. The van der Waals surface area contributed by atoms with Gasteiger partial charge in [-0.15, -0.1) is 0 Å². The molecule has 4 N–H and O–H groups in total. The molecule has 8 nitrogen and oxygen atoms in total. The van der Waals surface area contributed by atoms with Gasteiger partial charge in [0, 0.05) is 0 Å². The van der Waals surface area contributed by atoms with Crippen LogP contribution in [-0.2, 0) is 42.7 Å². The summed E-state index contributed by atoms with van der Waals surface area (Å²) in [5.41, 5.74) is 7.58. The Bertz CT molecular complexity index is 462. The molecule has 0 atom stereocenters. The van der Waals surface area contributed by atoms with Crippen LogP contribution >= 0.6 is 0 Å². The third-order valence-electron chi connectivity index (χ3n) is 2.81. The molecule has 1 aromatic heterocycles. The molecular formula is C16H26N2O6V-. The standard InChI is InChI=1S/C9H9NO4.C7H16N.H2O.O.V/c11-8(12)4-6-2-1-3-7(10-6)5-9(13)14;1-2-3-4-5-6-7-8;;;/h1-3H,4-5H2,(H,11,12)(H,13,14);8H,2-7H2,1H3;1H2;;/q;-1;;;+1/p-1. The van der Waals surface area contributed by atoms with E-state index in [0.29, 0.717) is 17.9 Å². The maximum atomic E-state index is 10.3. The summed E-state index contributed by atoms with van der Waals surface area (Å²) in [6.07, 6.45) is 5.96. The van der Waals surface area contributed by atoms with Crippen LogP contribution in [0.2, 0.25) is 0 Å². The number of nitrogens with one attached hydrogen (secondary N) is 1. The first-order valence-electron chi connectivity index (χ1n) is 7.90. The van der Waals surface area contributed by atoms with E-state index in [-0.39, 0.29) is 12.8 Å². The zero-order valence-electron chi connectivity index (χ0n) is 14.3. The van der Waals surface area contributed by atoms with Gasteiger partial charge >= 0.3 is 36.2 Å². The van der Waals surface area contributed by atoms with E-state index in [1.165, 1.54) is 25.7 Å². The molecule has 0 amide bonds. The Morgan fingerprint density at radius 3 is 1.84 bits per heavy atom. The summed E-state index contributed by atoms with van der Waals surface area (Å²) in [6.45, 7) is 2.82. The molecule has 0 aliphatic carbocycles. The van der Waals surface area contributed by atoms with Crippen LogP contribution in [0.25, 0.3) is 5.73 Å². The SMILES string of the molecule is CCCCCCC[NH-].O=C(O)Cc1cccc(CC(=O)O)n1.[O]=[V][OH]. The van der Waals surface area contributed by atoms with Gasteiger partial charge in [-0.1, -0.05) is 45.1 Å². The van der Waals surface area contributed by atoms with Crippen LogP contribution in [0.1, 0.15) is 50.4 Å². The van der Waals surface area contributed by atoms with Crippen molar-refractivity contribution in [3.05, 3.63) is 35.3 Å². The zero-order chi connectivity index (χ0) is 19.5. The molecule has 0 radical (unpaired) electrons. The summed E-state index contributed by atoms with van der Waals surface area (Å²) in [7, 11) is 0. The Kier molecular flexibility index (Phi) is 19.2. The molecule has 0 bridgehead atoms. The summed E-state index contributed by atoms with van der Waals surface area (Å²) in [5.74, 6) is -1.96. The molecule has 1 rings (SSSR count). The first-order valence-corrected chi connectivity index (χ1v) is 9.10. The van der Waals surface area contributed by atoms with Gasteiger partial charge in [0.2, 0.25) is 0 Å². The quantitative estimate of drug-likeness (QED) is 0.546. The molecule has 1 aromatic rings. The Morgan fingerprint density at radius 2 is 1.48 bits per heavy atom. The van der Waals surface area contributed by atoms with Crippen LogP contribution in [0.15, 0.2) is 18.2 Å². The number of pyridine rings is 1. The number of aliphatic carboxylic acids is 2. The van der Waals surface area contributed by atoms with Gasteiger partial charge in [0.25, 0.3) is 0 Å². The van der Waals surface area contributed by atoms with E-state index in [4.69, 9.17) is 23.7 Å². The van der Waals surface area contributed by atoms with Gasteiger partial charge in [-0.3, -0.25) is 14.6 Å². The third kappa shape index (κ3) is 20.3. The van der Waals surface area contributed by atoms with E-state index >= 15 is 0 Å². The van der Waals surface area contributed by atoms with Gasteiger partial charge in [0.15, 0.2) is 0 Å². The minimum absolute atomic E-state index is 0.187. The first-order chi connectivity index (χ1) is 11.9. The molecule has 0 unspecified atom stereocenters. The van der Waals surface area contributed by atoms with Gasteiger partial charge in [-0.2, -0.15) is 6.54 Å². The number of nitrogens with zero attached hydrogens (tertiary/aromatic N) is 1. The number of aromatic nitrogens is 1. The third-order valence-corrected chi connectivity index (χ3v) is 2.81.